The highest BCUT2D eigenvalue weighted by molar-refractivity contribution is 5.78. The number of aryl methyl sites for hydroxylation is 2. The number of fused-ring (bicyclic) bond motifs is 2. The maximum Gasteiger partial charge on any atom is 0.124 e. The molecule has 1 aromatic carbocycles. The van der Waals surface area contributed by atoms with E-state index in [2.05, 4.69) is 38.3 Å². The van der Waals surface area contributed by atoms with Crippen LogP contribution in [0.1, 0.15) is 54.5 Å². The molecule has 0 spiro atoms. The third kappa shape index (κ3) is 2.44. The van der Waals surface area contributed by atoms with Crippen LogP contribution in [0.4, 0.5) is 0 Å². The van der Waals surface area contributed by atoms with Gasteiger partial charge < -0.3 is 4.98 Å². The van der Waals surface area contributed by atoms with Crippen LogP contribution in [-0.2, 0) is 19.4 Å². The number of aromatic nitrogens is 4. The lowest BCUT2D eigenvalue weighted by atomic mass is 10.0. The van der Waals surface area contributed by atoms with Gasteiger partial charge in [-0.2, -0.15) is 5.10 Å². The Morgan fingerprint density at radius 3 is 3.08 bits per heavy atom. The third-order valence-corrected chi connectivity index (χ3v) is 5.54. The van der Waals surface area contributed by atoms with Crippen molar-refractivity contribution in [3.05, 3.63) is 47.2 Å². The lowest BCUT2D eigenvalue weighted by molar-refractivity contribution is 0.240. The second-order valence-electron chi connectivity index (χ2n) is 7.17. The first-order valence-electron chi connectivity index (χ1n) is 9.10. The second-order valence-corrected chi connectivity index (χ2v) is 7.17. The SMILES string of the molecule is c1cc2cn[nH]c2cc1CN1CCC[C@@H]1c1nc2c([nH]1)CCCC2. The monoisotopic (exact) mass is 321 g/mol. The molecule has 5 nitrogen and oxygen atoms in total. The molecule has 2 aromatic heterocycles. The molecular formula is C19H23N5. The number of H-pyrrole nitrogens is 2. The summed E-state index contributed by atoms with van der Waals surface area (Å²) in [5, 5.41) is 8.37. The maximum absolute atomic E-state index is 4.95. The zero-order valence-corrected chi connectivity index (χ0v) is 13.9. The molecule has 0 amide bonds. The zero-order chi connectivity index (χ0) is 15.9. The Hall–Kier alpha value is -2.14. The number of nitrogens with zero attached hydrogens (tertiary/aromatic N) is 3. The van der Waals surface area contributed by atoms with Crippen molar-refractivity contribution >= 4 is 10.9 Å². The van der Waals surface area contributed by atoms with Crippen LogP contribution >= 0.6 is 0 Å². The van der Waals surface area contributed by atoms with E-state index in [-0.39, 0.29) is 0 Å². The van der Waals surface area contributed by atoms with Gasteiger partial charge in [-0.3, -0.25) is 10.00 Å². The summed E-state index contributed by atoms with van der Waals surface area (Å²) >= 11 is 0. The standard InChI is InChI=1S/C19H23N5/c1-2-5-16-15(4-1)21-19(22-16)18-6-3-9-24(18)12-13-7-8-14-11-20-23-17(14)10-13/h7-8,10-11,18H,1-6,9,12H2,(H,20,23)(H,21,22)/t18-/m1/s1. The van der Waals surface area contributed by atoms with Crippen molar-refractivity contribution in [1.29, 1.82) is 0 Å². The molecule has 1 fully saturated rings. The molecule has 1 aliphatic carbocycles. The number of aromatic amines is 2. The minimum Gasteiger partial charge on any atom is -0.344 e. The van der Waals surface area contributed by atoms with Gasteiger partial charge in [0.05, 0.1) is 23.4 Å². The fraction of sp³-hybridized carbons (Fsp3) is 0.474. The molecule has 2 N–H and O–H groups in total. The summed E-state index contributed by atoms with van der Waals surface area (Å²) in [5.41, 5.74) is 5.18. The first-order valence-corrected chi connectivity index (χ1v) is 9.10. The predicted octanol–water partition coefficient (Wildman–Crippen LogP) is 3.50. The fourth-order valence-corrected chi connectivity index (χ4v) is 4.28. The van der Waals surface area contributed by atoms with Gasteiger partial charge >= 0.3 is 0 Å². The van der Waals surface area contributed by atoms with Gasteiger partial charge in [-0.05, 0) is 56.7 Å². The summed E-state index contributed by atoms with van der Waals surface area (Å²) in [6.07, 6.45) is 9.25. The van der Waals surface area contributed by atoms with Gasteiger partial charge in [-0.1, -0.05) is 12.1 Å². The smallest absolute Gasteiger partial charge is 0.124 e. The van der Waals surface area contributed by atoms with Gasteiger partial charge in [-0.25, -0.2) is 4.98 Å². The van der Waals surface area contributed by atoms with Gasteiger partial charge in [0.1, 0.15) is 5.82 Å². The van der Waals surface area contributed by atoms with Gasteiger partial charge in [-0.15, -0.1) is 0 Å². The number of rotatable bonds is 3. The molecule has 3 aromatic rings. The van der Waals surface area contributed by atoms with Crippen molar-refractivity contribution in [3.8, 4) is 0 Å². The third-order valence-electron chi connectivity index (χ3n) is 5.54. The van der Waals surface area contributed by atoms with Crippen LogP contribution in [0, 0.1) is 0 Å². The second kappa shape index (κ2) is 5.74. The van der Waals surface area contributed by atoms with E-state index in [1.807, 2.05) is 6.20 Å². The minimum absolute atomic E-state index is 0.438. The average Bonchev–Trinajstić information content (AvgIpc) is 3.33. The highest BCUT2D eigenvalue weighted by atomic mass is 15.2. The zero-order valence-electron chi connectivity index (χ0n) is 13.9. The van der Waals surface area contributed by atoms with Crippen LogP contribution in [0.2, 0.25) is 0 Å². The molecule has 5 heteroatoms. The molecule has 1 saturated heterocycles. The topological polar surface area (TPSA) is 60.6 Å². The summed E-state index contributed by atoms with van der Waals surface area (Å²) in [6, 6.07) is 7.05. The van der Waals surface area contributed by atoms with E-state index >= 15 is 0 Å². The number of likely N-dealkylation sites (tertiary alicyclic amines) is 1. The summed E-state index contributed by atoms with van der Waals surface area (Å²) in [6.45, 7) is 2.13. The van der Waals surface area contributed by atoms with Crippen molar-refractivity contribution < 1.29 is 0 Å². The summed E-state index contributed by atoms with van der Waals surface area (Å²) in [4.78, 5) is 11.2. The van der Waals surface area contributed by atoms with E-state index in [0.717, 1.165) is 25.0 Å². The van der Waals surface area contributed by atoms with Crippen LogP contribution in [0.15, 0.2) is 24.4 Å². The Balaban J connectivity index is 1.39. The molecule has 3 heterocycles. The van der Waals surface area contributed by atoms with Crippen molar-refractivity contribution in [2.24, 2.45) is 0 Å². The van der Waals surface area contributed by atoms with Crippen molar-refractivity contribution in [1.82, 2.24) is 25.1 Å². The Bertz CT molecular complexity index is 838. The fourth-order valence-electron chi connectivity index (χ4n) is 4.28. The van der Waals surface area contributed by atoms with Crippen LogP contribution in [-0.4, -0.2) is 31.6 Å². The van der Waals surface area contributed by atoms with E-state index < -0.39 is 0 Å². The first kappa shape index (κ1) is 14.2. The van der Waals surface area contributed by atoms with Crippen LogP contribution in [0.3, 0.4) is 0 Å². The molecular weight excluding hydrogens is 298 g/mol. The first-order chi connectivity index (χ1) is 11.9. The van der Waals surface area contributed by atoms with Crippen molar-refractivity contribution in [3.63, 3.8) is 0 Å². The number of hydrogen-bond acceptors (Lipinski definition) is 3. The normalized spacial score (nSPS) is 21.4. The Labute approximate surface area is 141 Å². The van der Waals surface area contributed by atoms with E-state index in [0.29, 0.717) is 6.04 Å². The molecule has 124 valence electrons. The van der Waals surface area contributed by atoms with Crippen molar-refractivity contribution in [2.45, 2.75) is 51.1 Å². The Morgan fingerprint density at radius 1 is 1.17 bits per heavy atom. The molecule has 24 heavy (non-hydrogen) atoms. The van der Waals surface area contributed by atoms with Gasteiger partial charge in [0.25, 0.3) is 0 Å². The van der Waals surface area contributed by atoms with E-state index in [1.54, 1.807) is 0 Å². The van der Waals surface area contributed by atoms with Gasteiger partial charge in [0, 0.05) is 17.6 Å². The summed E-state index contributed by atoms with van der Waals surface area (Å²) < 4.78 is 0. The average molecular weight is 321 g/mol. The molecule has 0 bridgehead atoms. The number of nitrogens with one attached hydrogen (secondary N) is 2. The largest absolute Gasteiger partial charge is 0.344 e. The maximum atomic E-state index is 4.95. The highest BCUT2D eigenvalue weighted by Crippen LogP contribution is 2.33. The molecule has 0 radical (unpaired) electrons. The minimum atomic E-state index is 0.438. The number of imidazole rings is 1. The van der Waals surface area contributed by atoms with Crippen LogP contribution in [0.5, 0.6) is 0 Å². The Morgan fingerprint density at radius 2 is 2.12 bits per heavy atom. The lowest BCUT2D eigenvalue weighted by Crippen LogP contribution is -2.23. The molecule has 0 saturated carbocycles. The van der Waals surface area contributed by atoms with E-state index in [4.69, 9.17) is 4.98 Å². The summed E-state index contributed by atoms with van der Waals surface area (Å²) in [7, 11) is 0. The molecule has 1 aliphatic heterocycles. The summed E-state index contributed by atoms with van der Waals surface area (Å²) in [5.74, 6) is 1.20. The molecule has 1 atom stereocenters. The molecule has 0 unspecified atom stereocenters. The van der Waals surface area contributed by atoms with Gasteiger partial charge in [0.2, 0.25) is 0 Å². The predicted molar refractivity (Wildman–Crippen MR) is 93.7 cm³/mol. The molecule has 2 aliphatic rings. The van der Waals surface area contributed by atoms with Crippen LogP contribution in [0.25, 0.3) is 10.9 Å². The lowest BCUT2D eigenvalue weighted by Gasteiger charge is -2.23. The quantitative estimate of drug-likeness (QED) is 0.776. The van der Waals surface area contributed by atoms with E-state index in [1.165, 1.54) is 60.3 Å². The van der Waals surface area contributed by atoms with E-state index in [9.17, 15) is 0 Å². The van der Waals surface area contributed by atoms with Gasteiger partial charge in [0.15, 0.2) is 0 Å². The number of hydrogen-bond donors (Lipinski definition) is 2. The van der Waals surface area contributed by atoms with Crippen molar-refractivity contribution in [2.75, 3.05) is 6.54 Å². The molecule has 5 rings (SSSR count). The number of benzene rings is 1. The Kier molecular flexibility index (Phi) is 3.40. The van der Waals surface area contributed by atoms with Crippen LogP contribution < -0.4 is 0 Å². The highest BCUT2D eigenvalue weighted by Gasteiger charge is 2.29.